The first kappa shape index (κ1) is 18.5. The zero-order valence-corrected chi connectivity index (χ0v) is 15.2. The van der Waals surface area contributed by atoms with Gasteiger partial charge in [-0.1, -0.05) is 12.1 Å². The van der Waals surface area contributed by atoms with E-state index < -0.39 is 0 Å². The second kappa shape index (κ2) is 8.38. The molecule has 1 aromatic rings. The van der Waals surface area contributed by atoms with Crippen molar-refractivity contribution < 1.29 is 14.0 Å². The van der Waals surface area contributed by atoms with Gasteiger partial charge in [0.05, 0.1) is 0 Å². The van der Waals surface area contributed by atoms with Crippen LogP contribution < -0.4 is 10.6 Å². The van der Waals surface area contributed by atoms with Gasteiger partial charge < -0.3 is 20.4 Å². The van der Waals surface area contributed by atoms with E-state index in [1.54, 1.807) is 19.2 Å². The van der Waals surface area contributed by atoms with Crippen molar-refractivity contribution in [1.82, 2.24) is 20.4 Å². The summed E-state index contributed by atoms with van der Waals surface area (Å²) in [5.74, 6) is 0.814. The predicted octanol–water partition coefficient (Wildman–Crippen LogP) is 2.41. The van der Waals surface area contributed by atoms with Crippen molar-refractivity contribution in [3.05, 3.63) is 35.6 Å². The smallest absolute Gasteiger partial charge is 0.317 e. The lowest BCUT2D eigenvalue weighted by Crippen LogP contribution is -2.44. The molecule has 1 unspecified atom stereocenters. The Kier molecular flexibility index (Phi) is 5.96. The molecule has 2 N–H and O–H groups in total. The van der Waals surface area contributed by atoms with E-state index in [2.05, 4.69) is 10.6 Å². The molecule has 142 valence electrons. The standard InChI is InChI=1S/C19H27FN4O2/c1-21-18(25)23-9-6-15(7-10-23)16-8-11-24(13-16)19(26)22-12-14-2-4-17(20)5-3-14/h2-5,15-16H,6-13H2,1H3,(H,21,25)(H,22,26). The number of piperidine rings is 1. The van der Waals surface area contributed by atoms with Crippen LogP contribution in [-0.2, 0) is 6.54 Å². The van der Waals surface area contributed by atoms with E-state index in [1.807, 2.05) is 9.80 Å². The maximum atomic E-state index is 12.9. The van der Waals surface area contributed by atoms with E-state index in [4.69, 9.17) is 0 Å². The number of urea groups is 2. The normalized spacial score (nSPS) is 20.9. The van der Waals surface area contributed by atoms with Crippen LogP contribution in [0.25, 0.3) is 0 Å². The van der Waals surface area contributed by atoms with Gasteiger partial charge in [-0.15, -0.1) is 0 Å². The van der Waals surface area contributed by atoms with Gasteiger partial charge in [-0.3, -0.25) is 0 Å². The van der Waals surface area contributed by atoms with Gasteiger partial charge in [0, 0.05) is 39.8 Å². The van der Waals surface area contributed by atoms with Gasteiger partial charge in [-0.2, -0.15) is 0 Å². The summed E-state index contributed by atoms with van der Waals surface area (Å²) in [7, 11) is 1.66. The summed E-state index contributed by atoms with van der Waals surface area (Å²) in [4.78, 5) is 27.8. The van der Waals surface area contributed by atoms with Crippen LogP contribution in [0.1, 0.15) is 24.8 Å². The summed E-state index contributed by atoms with van der Waals surface area (Å²) in [6.45, 7) is 3.54. The summed E-state index contributed by atoms with van der Waals surface area (Å²) in [5, 5.41) is 5.59. The van der Waals surface area contributed by atoms with E-state index >= 15 is 0 Å². The van der Waals surface area contributed by atoms with Crippen molar-refractivity contribution in [2.45, 2.75) is 25.8 Å². The molecule has 4 amide bonds. The Bertz CT molecular complexity index is 629. The SMILES string of the molecule is CNC(=O)N1CCC(C2CCN(C(=O)NCc3ccc(F)cc3)C2)CC1. The molecule has 0 bridgehead atoms. The molecule has 1 aromatic carbocycles. The molecule has 0 aromatic heterocycles. The third-order valence-electron chi connectivity index (χ3n) is 5.58. The van der Waals surface area contributed by atoms with Crippen LogP contribution in [0, 0.1) is 17.7 Å². The minimum atomic E-state index is -0.273. The van der Waals surface area contributed by atoms with E-state index in [0.717, 1.165) is 51.0 Å². The zero-order chi connectivity index (χ0) is 18.5. The predicted molar refractivity (Wildman–Crippen MR) is 97.1 cm³/mol. The van der Waals surface area contributed by atoms with Crippen LogP contribution in [0.15, 0.2) is 24.3 Å². The number of hydrogen-bond acceptors (Lipinski definition) is 2. The van der Waals surface area contributed by atoms with Crippen LogP contribution in [0.4, 0.5) is 14.0 Å². The van der Waals surface area contributed by atoms with Gasteiger partial charge in [0.2, 0.25) is 0 Å². The van der Waals surface area contributed by atoms with Gasteiger partial charge in [-0.25, -0.2) is 14.0 Å². The number of rotatable bonds is 3. The van der Waals surface area contributed by atoms with Crippen LogP contribution in [0.3, 0.4) is 0 Å². The molecule has 0 saturated carbocycles. The molecule has 2 aliphatic rings. The molecule has 2 saturated heterocycles. The second-order valence-electron chi connectivity index (χ2n) is 7.16. The molecule has 1 atom stereocenters. The highest BCUT2D eigenvalue weighted by Gasteiger charge is 2.34. The van der Waals surface area contributed by atoms with Gasteiger partial charge in [0.15, 0.2) is 0 Å². The number of nitrogens with one attached hydrogen (secondary N) is 2. The highest BCUT2D eigenvalue weighted by Crippen LogP contribution is 2.31. The quantitative estimate of drug-likeness (QED) is 0.867. The first-order valence-electron chi connectivity index (χ1n) is 9.30. The lowest BCUT2D eigenvalue weighted by Gasteiger charge is -2.34. The third-order valence-corrected chi connectivity index (χ3v) is 5.58. The molecule has 7 heteroatoms. The second-order valence-corrected chi connectivity index (χ2v) is 7.16. The number of likely N-dealkylation sites (tertiary alicyclic amines) is 2. The van der Waals surface area contributed by atoms with Gasteiger partial charge in [0.25, 0.3) is 0 Å². The van der Waals surface area contributed by atoms with Crippen molar-refractivity contribution in [2.75, 3.05) is 33.2 Å². The molecule has 6 nitrogen and oxygen atoms in total. The average molecular weight is 362 g/mol. The van der Waals surface area contributed by atoms with Crippen LogP contribution in [0.2, 0.25) is 0 Å². The Morgan fingerprint density at radius 2 is 1.62 bits per heavy atom. The van der Waals surface area contributed by atoms with Gasteiger partial charge in [0.1, 0.15) is 5.82 Å². The Morgan fingerprint density at radius 3 is 2.27 bits per heavy atom. The van der Waals surface area contributed by atoms with Crippen LogP contribution in [0.5, 0.6) is 0 Å². The molecule has 2 aliphatic heterocycles. The molecule has 26 heavy (non-hydrogen) atoms. The monoisotopic (exact) mass is 362 g/mol. The molecular weight excluding hydrogens is 335 g/mol. The van der Waals surface area contributed by atoms with E-state index in [-0.39, 0.29) is 17.9 Å². The number of halogens is 1. The molecule has 0 aliphatic carbocycles. The molecule has 2 fully saturated rings. The largest absolute Gasteiger partial charge is 0.341 e. The maximum Gasteiger partial charge on any atom is 0.317 e. The molecule has 0 radical (unpaired) electrons. The number of carbonyl (C=O) groups is 2. The summed E-state index contributed by atoms with van der Waals surface area (Å²) in [5.41, 5.74) is 0.886. The number of amides is 4. The lowest BCUT2D eigenvalue weighted by atomic mass is 9.84. The molecule has 2 heterocycles. The van der Waals surface area contributed by atoms with E-state index in [0.29, 0.717) is 18.4 Å². The van der Waals surface area contributed by atoms with Crippen molar-refractivity contribution in [3.63, 3.8) is 0 Å². The first-order valence-corrected chi connectivity index (χ1v) is 9.30. The van der Waals surface area contributed by atoms with Crippen molar-refractivity contribution in [3.8, 4) is 0 Å². The fraction of sp³-hybridized carbons (Fsp3) is 0.579. The summed E-state index contributed by atoms with van der Waals surface area (Å²) < 4.78 is 12.9. The summed E-state index contributed by atoms with van der Waals surface area (Å²) >= 11 is 0. The van der Waals surface area contributed by atoms with Crippen molar-refractivity contribution >= 4 is 12.1 Å². The Morgan fingerprint density at radius 1 is 1.00 bits per heavy atom. The number of benzene rings is 1. The Balaban J connectivity index is 1.42. The fourth-order valence-corrected chi connectivity index (χ4v) is 3.98. The topological polar surface area (TPSA) is 64.7 Å². The summed E-state index contributed by atoms with van der Waals surface area (Å²) in [6.07, 6.45) is 3.03. The lowest BCUT2D eigenvalue weighted by molar-refractivity contribution is 0.151. The summed E-state index contributed by atoms with van der Waals surface area (Å²) in [6, 6.07) is 6.11. The van der Waals surface area contributed by atoms with Gasteiger partial charge in [-0.05, 0) is 48.8 Å². The highest BCUT2D eigenvalue weighted by molar-refractivity contribution is 5.74. The third kappa shape index (κ3) is 4.45. The Labute approximate surface area is 153 Å². The van der Waals surface area contributed by atoms with Crippen LogP contribution >= 0.6 is 0 Å². The van der Waals surface area contributed by atoms with E-state index in [1.165, 1.54) is 12.1 Å². The Hall–Kier alpha value is -2.31. The highest BCUT2D eigenvalue weighted by atomic mass is 19.1. The van der Waals surface area contributed by atoms with Crippen molar-refractivity contribution in [2.24, 2.45) is 11.8 Å². The molecule has 0 spiro atoms. The zero-order valence-electron chi connectivity index (χ0n) is 15.2. The first-order chi connectivity index (χ1) is 12.6. The number of nitrogens with zero attached hydrogens (tertiary/aromatic N) is 2. The minimum absolute atomic E-state index is 0.00308. The van der Waals surface area contributed by atoms with Crippen molar-refractivity contribution in [1.29, 1.82) is 0 Å². The van der Waals surface area contributed by atoms with Crippen LogP contribution in [-0.4, -0.2) is 55.1 Å². The number of carbonyl (C=O) groups excluding carboxylic acids is 2. The average Bonchev–Trinajstić information content (AvgIpc) is 3.17. The van der Waals surface area contributed by atoms with Gasteiger partial charge >= 0.3 is 12.1 Å². The molecule has 3 rings (SSSR count). The maximum absolute atomic E-state index is 12.9. The fourth-order valence-electron chi connectivity index (χ4n) is 3.98. The molecular formula is C19H27FN4O2. The van der Waals surface area contributed by atoms with E-state index in [9.17, 15) is 14.0 Å². The minimum Gasteiger partial charge on any atom is -0.341 e. The number of hydrogen-bond donors (Lipinski definition) is 2.